The molecular formula is C13H17BrN4O2. The van der Waals surface area contributed by atoms with E-state index in [1.807, 2.05) is 23.7 Å². The molecule has 2 rings (SSSR count). The Morgan fingerprint density at radius 1 is 1.20 bits per heavy atom. The largest absolute Gasteiger partial charge is 0.493 e. The van der Waals surface area contributed by atoms with Crippen LogP contribution in [0.25, 0.3) is 0 Å². The van der Waals surface area contributed by atoms with Crippen LogP contribution >= 0.6 is 15.9 Å². The van der Waals surface area contributed by atoms with E-state index in [4.69, 9.17) is 9.47 Å². The Kier molecular flexibility index (Phi) is 4.97. The van der Waals surface area contributed by atoms with E-state index in [0.29, 0.717) is 24.6 Å². The predicted molar refractivity (Wildman–Crippen MR) is 78.8 cm³/mol. The van der Waals surface area contributed by atoms with Gasteiger partial charge in [-0.1, -0.05) is 15.9 Å². The van der Waals surface area contributed by atoms with Crippen LogP contribution < -0.4 is 14.8 Å². The lowest BCUT2D eigenvalue weighted by Crippen LogP contribution is -2.16. The number of halogens is 1. The van der Waals surface area contributed by atoms with E-state index in [9.17, 15) is 0 Å². The molecule has 0 aliphatic carbocycles. The summed E-state index contributed by atoms with van der Waals surface area (Å²) in [6.07, 6.45) is 1.68. The Bertz CT molecular complexity index is 586. The summed E-state index contributed by atoms with van der Waals surface area (Å²) in [5.74, 6) is 2.31. The van der Waals surface area contributed by atoms with Crippen LogP contribution in [0.5, 0.6) is 11.5 Å². The Balaban J connectivity index is 2.04. The third-order valence-electron chi connectivity index (χ3n) is 2.96. The molecule has 0 saturated carbocycles. The molecule has 0 amide bonds. The molecule has 0 atom stereocenters. The van der Waals surface area contributed by atoms with Crippen LogP contribution in [0.3, 0.4) is 0 Å². The van der Waals surface area contributed by atoms with E-state index >= 15 is 0 Å². The summed E-state index contributed by atoms with van der Waals surface area (Å²) in [4.78, 5) is 0. The fraction of sp³-hybridized carbons (Fsp3) is 0.385. The molecule has 7 heteroatoms. The molecule has 1 N–H and O–H groups in total. The van der Waals surface area contributed by atoms with Gasteiger partial charge >= 0.3 is 0 Å². The zero-order valence-electron chi connectivity index (χ0n) is 11.7. The second-order valence-electron chi connectivity index (χ2n) is 4.26. The van der Waals surface area contributed by atoms with Crippen LogP contribution in [0.4, 0.5) is 0 Å². The van der Waals surface area contributed by atoms with Gasteiger partial charge in [-0.25, -0.2) is 0 Å². The quantitative estimate of drug-likeness (QED) is 0.869. The maximum Gasteiger partial charge on any atom is 0.161 e. The highest BCUT2D eigenvalue weighted by molar-refractivity contribution is 9.10. The van der Waals surface area contributed by atoms with Crippen molar-refractivity contribution in [3.63, 3.8) is 0 Å². The molecule has 0 saturated heterocycles. The highest BCUT2D eigenvalue weighted by atomic mass is 79.9. The number of hydrogen-bond donors (Lipinski definition) is 1. The fourth-order valence-corrected chi connectivity index (χ4v) is 2.27. The van der Waals surface area contributed by atoms with Crippen LogP contribution in [-0.2, 0) is 20.1 Å². The number of methoxy groups -OCH3 is 2. The van der Waals surface area contributed by atoms with Crippen LogP contribution in [0.1, 0.15) is 11.4 Å². The molecule has 0 spiro atoms. The van der Waals surface area contributed by atoms with Crippen LogP contribution in [0.2, 0.25) is 0 Å². The molecule has 1 heterocycles. The number of aryl methyl sites for hydroxylation is 1. The number of ether oxygens (including phenoxy) is 2. The summed E-state index contributed by atoms with van der Waals surface area (Å²) in [7, 11) is 5.17. The molecule has 2 aromatic rings. The van der Waals surface area contributed by atoms with Crippen molar-refractivity contribution < 1.29 is 9.47 Å². The van der Waals surface area contributed by atoms with E-state index in [-0.39, 0.29) is 0 Å². The topological polar surface area (TPSA) is 61.2 Å². The molecule has 1 aromatic heterocycles. The minimum absolute atomic E-state index is 0.650. The van der Waals surface area contributed by atoms with Crippen molar-refractivity contribution in [3.05, 3.63) is 34.3 Å². The number of rotatable bonds is 6. The first-order valence-corrected chi connectivity index (χ1v) is 6.89. The molecule has 0 aliphatic rings. The van der Waals surface area contributed by atoms with Gasteiger partial charge in [0.05, 0.1) is 20.8 Å². The smallest absolute Gasteiger partial charge is 0.161 e. The van der Waals surface area contributed by atoms with Gasteiger partial charge in [-0.15, -0.1) is 10.2 Å². The van der Waals surface area contributed by atoms with Gasteiger partial charge in [-0.05, 0) is 17.7 Å². The van der Waals surface area contributed by atoms with Crippen molar-refractivity contribution in [3.8, 4) is 11.5 Å². The number of aromatic nitrogens is 3. The molecule has 0 aliphatic heterocycles. The highest BCUT2D eigenvalue weighted by Gasteiger charge is 2.09. The summed E-state index contributed by atoms with van der Waals surface area (Å²) < 4.78 is 13.4. The van der Waals surface area contributed by atoms with Gasteiger partial charge < -0.3 is 19.4 Å². The third-order valence-corrected chi connectivity index (χ3v) is 3.69. The molecule has 0 fully saturated rings. The van der Waals surface area contributed by atoms with Crippen molar-refractivity contribution >= 4 is 15.9 Å². The predicted octanol–water partition coefficient (Wildman–Crippen LogP) is 1.88. The van der Waals surface area contributed by atoms with E-state index in [1.165, 1.54) is 0 Å². The number of nitrogens with one attached hydrogen (secondary N) is 1. The molecule has 0 unspecified atom stereocenters. The van der Waals surface area contributed by atoms with Crippen molar-refractivity contribution in [2.45, 2.75) is 13.1 Å². The molecular weight excluding hydrogens is 324 g/mol. The standard InChI is InChI=1S/C13H17BrN4O2/c1-18-8-16-17-13(18)7-15-6-9-4-11(19-2)12(20-3)5-10(9)14/h4-5,8,15H,6-7H2,1-3H3. The lowest BCUT2D eigenvalue weighted by atomic mass is 10.2. The van der Waals surface area contributed by atoms with E-state index < -0.39 is 0 Å². The van der Waals surface area contributed by atoms with Gasteiger partial charge in [0.15, 0.2) is 11.5 Å². The summed E-state index contributed by atoms with van der Waals surface area (Å²) in [6.45, 7) is 1.34. The molecule has 0 bridgehead atoms. The lowest BCUT2D eigenvalue weighted by molar-refractivity contribution is 0.354. The molecule has 1 aromatic carbocycles. The Morgan fingerprint density at radius 2 is 1.90 bits per heavy atom. The number of nitrogens with zero attached hydrogens (tertiary/aromatic N) is 3. The first-order chi connectivity index (χ1) is 9.65. The Hall–Kier alpha value is -1.60. The van der Waals surface area contributed by atoms with Gasteiger partial charge in [-0.2, -0.15) is 0 Å². The highest BCUT2D eigenvalue weighted by Crippen LogP contribution is 2.33. The third kappa shape index (κ3) is 3.29. The summed E-state index contributed by atoms with van der Waals surface area (Å²) in [5.41, 5.74) is 1.09. The lowest BCUT2D eigenvalue weighted by Gasteiger charge is -2.12. The summed E-state index contributed by atoms with van der Waals surface area (Å²) >= 11 is 3.54. The van der Waals surface area contributed by atoms with E-state index in [0.717, 1.165) is 15.9 Å². The van der Waals surface area contributed by atoms with Gasteiger partial charge in [0.1, 0.15) is 12.2 Å². The van der Waals surface area contributed by atoms with E-state index in [2.05, 4.69) is 31.4 Å². The van der Waals surface area contributed by atoms with Crippen molar-refractivity contribution in [1.29, 1.82) is 0 Å². The number of benzene rings is 1. The second kappa shape index (κ2) is 6.71. The van der Waals surface area contributed by atoms with E-state index in [1.54, 1.807) is 20.5 Å². The fourth-order valence-electron chi connectivity index (χ4n) is 1.81. The van der Waals surface area contributed by atoms with Crippen LogP contribution in [0, 0.1) is 0 Å². The van der Waals surface area contributed by atoms with Crippen LogP contribution in [0.15, 0.2) is 22.9 Å². The summed E-state index contributed by atoms with van der Waals surface area (Å²) in [6, 6.07) is 3.85. The molecule has 6 nitrogen and oxygen atoms in total. The normalized spacial score (nSPS) is 10.6. The van der Waals surface area contributed by atoms with Crippen molar-refractivity contribution in [2.75, 3.05) is 14.2 Å². The zero-order chi connectivity index (χ0) is 14.5. The average Bonchev–Trinajstić information content (AvgIpc) is 2.85. The van der Waals surface area contributed by atoms with Gasteiger partial charge in [-0.3, -0.25) is 0 Å². The Morgan fingerprint density at radius 3 is 2.50 bits per heavy atom. The zero-order valence-corrected chi connectivity index (χ0v) is 13.3. The summed E-state index contributed by atoms with van der Waals surface area (Å²) in [5, 5.41) is 11.2. The molecule has 108 valence electrons. The number of hydrogen-bond acceptors (Lipinski definition) is 5. The molecule has 20 heavy (non-hydrogen) atoms. The van der Waals surface area contributed by atoms with Gasteiger partial charge in [0, 0.05) is 18.1 Å². The monoisotopic (exact) mass is 340 g/mol. The van der Waals surface area contributed by atoms with Crippen molar-refractivity contribution in [1.82, 2.24) is 20.1 Å². The SMILES string of the molecule is COc1cc(Br)c(CNCc2nncn2C)cc1OC. The van der Waals surface area contributed by atoms with Gasteiger partial charge in [0.2, 0.25) is 0 Å². The maximum absolute atomic E-state index is 5.30. The molecule has 0 radical (unpaired) electrons. The average molecular weight is 341 g/mol. The maximum atomic E-state index is 5.30. The second-order valence-corrected chi connectivity index (χ2v) is 5.11. The minimum atomic E-state index is 0.650. The first-order valence-electron chi connectivity index (χ1n) is 6.09. The minimum Gasteiger partial charge on any atom is -0.493 e. The first kappa shape index (κ1) is 14.8. The van der Waals surface area contributed by atoms with Gasteiger partial charge in [0.25, 0.3) is 0 Å². The van der Waals surface area contributed by atoms with Crippen LogP contribution in [-0.4, -0.2) is 29.0 Å². The Labute approximate surface area is 126 Å². The van der Waals surface area contributed by atoms with Crippen molar-refractivity contribution in [2.24, 2.45) is 7.05 Å².